The molecule has 0 saturated heterocycles. The van der Waals surface area contributed by atoms with E-state index in [1.54, 1.807) is 47.4 Å². The first-order valence-corrected chi connectivity index (χ1v) is 7.35. The van der Waals surface area contributed by atoms with E-state index in [0.717, 1.165) is 0 Å². The van der Waals surface area contributed by atoms with Crippen LogP contribution in [0.25, 0.3) is 0 Å². The van der Waals surface area contributed by atoms with Gasteiger partial charge in [0, 0.05) is 18.2 Å². The smallest absolute Gasteiger partial charge is 0.226 e. The Kier molecular flexibility index (Phi) is 4.81. The number of amides is 1. The number of halogens is 1. The van der Waals surface area contributed by atoms with E-state index in [9.17, 15) is 9.18 Å². The van der Waals surface area contributed by atoms with Crippen LogP contribution in [0.15, 0.2) is 61.2 Å². The Morgan fingerprint density at radius 3 is 2.71 bits per heavy atom. The van der Waals surface area contributed by atoms with Gasteiger partial charge in [-0.1, -0.05) is 6.07 Å². The van der Waals surface area contributed by atoms with Crippen LogP contribution in [0.2, 0.25) is 0 Å². The van der Waals surface area contributed by atoms with Gasteiger partial charge in [0.05, 0.1) is 6.54 Å². The summed E-state index contributed by atoms with van der Waals surface area (Å²) in [5.41, 5.74) is 0.658. The third-order valence-corrected chi connectivity index (χ3v) is 3.20. The summed E-state index contributed by atoms with van der Waals surface area (Å²) in [5, 5.41) is 6.72. The van der Waals surface area contributed by atoms with Crippen LogP contribution >= 0.6 is 0 Å². The molecule has 24 heavy (non-hydrogen) atoms. The van der Waals surface area contributed by atoms with E-state index in [1.807, 2.05) is 0 Å². The fourth-order valence-electron chi connectivity index (χ4n) is 2.06. The molecule has 2 aromatic carbocycles. The average molecular weight is 326 g/mol. The van der Waals surface area contributed by atoms with Gasteiger partial charge in [0.2, 0.25) is 5.91 Å². The minimum Gasteiger partial charge on any atom is -0.457 e. The molecule has 3 aromatic rings. The topological polar surface area (TPSA) is 69.0 Å². The van der Waals surface area contributed by atoms with Gasteiger partial charge in [0.25, 0.3) is 0 Å². The van der Waals surface area contributed by atoms with Crippen LogP contribution in [0.5, 0.6) is 11.5 Å². The summed E-state index contributed by atoms with van der Waals surface area (Å²) in [6.45, 7) is 0.465. The molecule has 1 N–H and O–H groups in total. The molecular weight excluding hydrogens is 311 g/mol. The number of benzene rings is 2. The van der Waals surface area contributed by atoms with Gasteiger partial charge in [-0.15, -0.1) is 0 Å². The van der Waals surface area contributed by atoms with Crippen molar-refractivity contribution in [3.8, 4) is 11.5 Å². The molecule has 6 nitrogen and oxygen atoms in total. The molecule has 0 spiro atoms. The Morgan fingerprint density at radius 1 is 1.17 bits per heavy atom. The van der Waals surface area contributed by atoms with Crippen LogP contribution in [0.1, 0.15) is 6.42 Å². The maximum absolute atomic E-state index is 13.1. The van der Waals surface area contributed by atoms with E-state index in [2.05, 4.69) is 15.4 Å². The van der Waals surface area contributed by atoms with E-state index >= 15 is 0 Å². The summed E-state index contributed by atoms with van der Waals surface area (Å²) in [4.78, 5) is 15.7. The number of hydrogen-bond acceptors (Lipinski definition) is 4. The Balaban J connectivity index is 1.53. The number of aryl methyl sites for hydroxylation is 1. The van der Waals surface area contributed by atoms with Crippen molar-refractivity contribution in [3.05, 3.63) is 67.0 Å². The van der Waals surface area contributed by atoms with E-state index in [0.29, 0.717) is 30.2 Å². The Morgan fingerprint density at radius 2 is 2.00 bits per heavy atom. The molecule has 1 amide bonds. The molecule has 0 aliphatic rings. The largest absolute Gasteiger partial charge is 0.457 e. The summed E-state index contributed by atoms with van der Waals surface area (Å²) >= 11 is 0. The Bertz CT molecular complexity index is 804. The van der Waals surface area contributed by atoms with Gasteiger partial charge in [-0.3, -0.25) is 9.48 Å². The lowest BCUT2D eigenvalue weighted by molar-refractivity contribution is -0.116. The average Bonchev–Trinajstić information content (AvgIpc) is 3.08. The van der Waals surface area contributed by atoms with Crippen molar-refractivity contribution in [2.75, 3.05) is 5.32 Å². The Labute approximate surface area is 137 Å². The van der Waals surface area contributed by atoms with Gasteiger partial charge in [0.1, 0.15) is 30.0 Å². The summed E-state index contributed by atoms with van der Waals surface area (Å²) < 4.78 is 20.3. The van der Waals surface area contributed by atoms with Gasteiger partial charge >= 0.3 is 0 Å². The number of rotatable bonds is 6. The highest BCUT2D eigenvalue weighted by atomic mass is 19.1. The number of carbonyl (C=O) groups is 1. The van der Waals surface area contributed by atoms with Crippen molar-refractivity contribution < 1.29 is 13.9 Å². The minimum absolute atomic E-state index is 0.121. The molecule has 0 fully saturated rings. The van der Waals surface area contributed by atoms with Crippen LogP contribution in [-0.4, -0.2) is 20.7 Å². The van der Waals surface area contributed by atoms with Crippen molar-refractivity contribution in [2.45, 2.75) is 13.0 Å². The first-order valence-electron chi connectivity index (χ1n) is 7.35. The molecular formula is C17H15FN4O2. The molecule has 0 bridgehead atoms. The summed E-state index contributed by atoms with van der Waals surface area (Å²) in [6.07, 6.45) is 3.28. The Hall–Kier alpha value is -3.22. The molecule has 0 atom stereocenters. The van der Waals surface area contributed by atoms with Crippen molar-refractivity contribution in [1.29, 1.82) is 0 Å². The van der Waals surface area contributed by atoms with E-state index < -0.39 is 0 Å². The number of nitrogens with one attached hydrogen (secondary N) is 1. The zero-order valence-electron chi connectivity index (χ0n) is 12.7. The van der Waals surface area contributed by atoms with Crippen LogP contribution in [0.4, 0.5) is 10.1 Å². The van der Waals surface area contributed by atoms with Crippen molar-refractivity contribution in [3.63, 3.8) is 0 Å². The molecule has 0 radical (unpaired) electrons. The van der Waals surface area contributed by atoms with Gasteiger partial charge < -0.3 is 10.1 Å². The van der Waals surface area contributed by atoms with Gasteiger partial charge in [-0.2, -0.15) is 5.10 Å². The van der Waals surface area contributed by atoms with E-state index in [1.165, 1.54) is 18.5 Å². The molecule has 0 unspecified atom stereocenters. The number of nitrogens with zero attached hydrogens (tertiary/aromatic N) is 3. The number of hydrogen-bond donors (Lipinski definition) is 1. The van der Waals surface area contributed by atoms with Gasteiger partial charge in [-0.25, -0.2) is 9.37 Å². The monoisotopic (exact) mass is 326 g/mol. The summed E-state index contributed by atoms with van der Waals surface area (Å²) in [6, 6.07) is 12.8. The lowest BCUT2D eigenvalue weighted by atomic mass is 10.3. The predicted molar refractivity (Wildman–Crippen MR) is 86.2 cm³/mol. The SMILES string of the molecule is O=C(CCn1cncn1)Nc1ccc(Oc2cccc(F)c2)cc1. The van der Waals surface area contributed by atoms with Crippen LogP contribution in [0.3, 0.4) is 0 Å². The second kappa shape index (κ2) is 7.36. The third kappa shape index (κ3) is 4.39. The lowest BCUT2D eigenvalue weighted by Gasteiger charge is -2.08. The van der Waals surface area contributed by atoms with E-state index in [-0.39, 0.29) is 11.7 Å². The maximum atomic E-state index is 13.1. The fraction of sp³-hybridized carbons (Fsp3) is 0.118. The highest BCUT2D eigenvalue weighted by Gasteiger charge is 2.04. The normalized spacial score (nSPS) is 10.4. The number of ether oxygens (including phenoxy) is 1. The molecule has 0 saturated carbocycles. The first kappa shape index (κ1) is 15.7. The molecule has 7 heteroatoms. The molecule has 0 aliphatic carbocycles. The van der Waals surface area contributed by atoms with Crippen LogP contribution in [-0.2, 0) is 11.3 Å². The molecule has 3 rings (SSSR count). The molecule has 1 heterocycles. The predicted octanol–water partition coefficient (Wildman–Crippen LogP) is 3.24. The lowest BCUT2D eigenvalue weighted by Crippen LogP contribution is -2.14. The quantitative estimate of drug-likeness (QED) is 0.755. The second-order valence-corrected chi connectivity index (χ2v) is 5.04. The number of aromatic nitrogens is 3. The van der Waals surface area contributed by atoms with Crippen LogP contribution in [0, 0.1) is 5.82 Å². The zero-order valence-corrected chi connectivity index (χ0v) is 12.7. The number of anilines is 1. The zero-order chi connectivity index (χ0) is 16.8. The van der Waals surface area contributed by atoms with Gasteiger partial charge in [0.15, 0.2) is 0 Å². The maximum Gasteiger partial charge on any atom is 0.226 e. The first-order chi connectivity index (χ1) is 11.7. The van der Waals surface area contributed by atoms with Gasteiger partial charge in [-0.05, 0) is 36.4 Å². The highest BCUT2D eigenvalue weighted by molar-refractivity contribution is 5.90. The molecule has 122 valence electrons. The van der Waals surface area contributed by atoms with Crippen molar-refractivity contribution in [1.82, 2.24) is 14.8 Å². The molecule has 0 aliphatic heterocycles. The fourth-order valence-corrected chi connectivity index (χ4v) is 2.06. The summed E-state index contributed by atoms with van der Waals surface area (Å²) in [7, 11) is 0. The van der Waals surface area contributed by atoms with Crippen molar-refractivity contribution in [2.24, 2.45) is 0 Å². The third-order valence-electron chi connectivity index (χ3n) is 3.20. The summed E-state index contributed by atoms with van der Waals surface area (Å²) in [5.74, 6) is 0.494. The van der Waals surface area contributed by atoms with Crippen molar-refractivity contribution >= 4 is 11.6 Å². The minimum atomic E-state index is -0.358. The standard InChI is InChI=1S/C17H15FN4O2/c18-13-2-1-3-16(10-13)24-15-6-4-14(5-7-15)21-17(23)8-9-22-12-19-11-20-22/h1-7,10-12H,8-9H2,(H,21,23). The number of carbonyl (C=O) groups excluding carboxylic acids is 1. The van der Waals surface area contributed by atoms with E-state index in [4.69, 9.17) is 4.74 Å². The second-order valence-electron chi connectivity index (χ2n) is 5.04. The molecule has 1 aromatic heterocycles. The van der Waals surface area contributed by atoms with Crippen LogP contribution < -0.4 is 10.1 Å². The highest BCUT2D eigenvalue weighted by Crippen LogP contribution is 2.23.